The van der Waals surface area contributed by atoms with Crippen LogP contribution in [0, 0.1) is 11.7 Å². The molecular formula is C21H26FNO4. The zero-order valence-corrected chi connectivity index (χ0v) is 15.7. The molecule has 0 radical (unpaired) electrons. The van der Waals surface area contributed by atoms with Gasteiger partial charge in [-0.15, -0.1) is 0 Å². The molecule has 2 N–H and O–H groups in total. The van der Waals surface area contributed by atoms with Crippen molar-refractivity contribution in [3.05, 3.63) is 59.9 Å². The minimum Gasteiger partial charge on any atom is -0.497 e. The first-order chi connectivity index (χ1) is 13.0. The minimum absolute atomic E-state index is 0.186. The van der Waals surface area contributed by atoms with Gasteiger partial charge in [0, 0.05) is 19.4 Å². The summed E-state index contributed by atoms with van der Waals surface area (Å²) in [7, 11) is 1.65. The van der Waals surface area contributed by atoms with E-state index in [1.54, 1.807) is 19.2 Å². The van der Waals surface area contributed by atoms with Gasteiger partial charge in [0.1, 0.15) is 17.3 Å². The number of benzene rings is 2. The molecule has 3 rings (SSSR count). The van der Waals surface area contributed by atoms with Crippen LogP contribution in [0.1, 0.15) is 24.8 Å². The highest BCUT2D eigenvalue weighted by molar-refractivity contribution is 5.62. The van der Waals surface area contributed by atoms with E-state index < -0.39 is 5.97 Å². The third kappa shape index (κ3) is 6.90. The molecule has 27 heavy (non-hydrogen) atoms. The number of methoxy groups -OCH3 is 1. The number of piperidine rings is 1. The van der Waals surface area contributed by atoms with Crippen LogP contribution in [0.25, 0.3) is 0 Å². The zero-order chi connectivity index (χ0) is 19.6. The van der Waals surface area contributed by atoms with Crippen LogP contribution in [0.4, 0.5) is 4.39 Å². The number of carboxylic acid groups (broad SMARTS) is 1. The Bertz CT molecular complexity index is 699. The molecule has 1 fully saturated rings. The molecule has 5 nitrogen and oxygen atoms in total. The second-order valence-corrected chi connectivity index (χ2v) is 6.42. The number of carbonyl (C=O) groups is 1. The number of aliphatic carboxylic acids is 1. The van der Waals surface area contributed by atoms with E-state index in [2.05, 4.69) is 5.32 Å². The van der Waals surface area contributed by atoms with Gasteiger partial charge in [0.15, 0.2) is 0 Å². The highest BCUT2D eigenvalue weighted by Gasteiger charge is 2.27. The van der Waals surface area contributed by atoms with Crippen LogP contribution < -0.4 is 14.8 Å². The number of hydrogen-bond acceptors (Lipinski definition) is 4. The fourth-order valence-corrected chi connectivity index (χ4v) is 3.12. The van der Waals surface area contributed by atoms with Crippen LogP contribution in [-0.4, -0.2) is 37.9 Å². The van der Waals surface area contributed by atoms with E-state index in [4.69, 9.17) is 19.4 Å². The van der Waals surface area contributed by atoms with Gasteiger partial charge < -0.3 is 19.9 Å². The average Bonchev–Trinajstić information content (AvgIpc) is 2.67. The van der Waals surface area contributed by atoms with Gasteiger partial charge in [-0.25, -0.2) is 4.39 Å². The zero-order valence-electron chi connectivity index (χ0n) is 15.7. The van der Waals surface area contributed by atoms with Crippen LogP contribution in [0.15, 0.2) is 48.5 Å². The lowest BCUT2D eigenvalue weighted by molar-refractivity contribution is -0.134. The lowest BCUT2D eigenvalue weighted by atomic mass is 9.81. The van der Waals surface area contributed by atoms with Gasteiger partial charge >= 0.3 is 0 Å². The number of nitrogens with one attached hydrogen (secondary N) is 1. The molecule has 2 aromatic rings. The Morgan fingerprint density at radius 3 is 2.33 bits per heavy atom. The summed E-state index contributed by atoms with van der Waals surface area (Å²) in [4.78, 5) is 9.00. The normalized spacial score (nSPS) is 18.8. The number of carboxylic acids is 1. The molecule has 0 spiro atoms. The molecule has 0 bridgehead atoms. The molecule has 6 heteroatoms. The Balaban J connectivity index is 0.000000596. The third-order valence-electron chi connectivity index (χ3n) is 4.43. The van der Waals surface area contributed by atoms with E-state index in [1.807, 2.05) is 36.4 Å². The lowest BCUT2D eigenvalue weighted by Gasteiger charge is -2.32. The second kappa shape index (κ2) is 10.5. The summed E-state index contributed by atoms with van der Waals surface area (Å²) in [6.45, 7) is 3.63. The largest absolute Gasteiger partial charge is 0.497 e. The molecule has 1 aliphatic heterocycles. The molecular weight excluding hydrogens is 349 g/mol. The predicted molar refractivity (Wildman–Crippen MR) is 102 cm³/mol. The molecule has 146 valence electrons. The van der Waals surface area contributed by atoms with Crippen LogP contribution in [0.5, 0.6) is 11.5 Å². The Morgan fingerprint density at radius 1 is 1.15 bits per heavy atom. The summed E-state index contributed by atoms with van der Waals surface area (Å²) < 4.78 is 24.2. The lowest BCUT2D eigenvalue weighted by Crippen LogP contribution is -2.38. The van der Waals surface area contributed by atoms with Gasteiger partial charge in [-0.1, -0.05) is 12.1 Å². The number of ether oxygens (including phenoxy) is 2. The molecule has 1 heterocycles. The quantitative estimate of drug-likeness (QED) is 0.834. The van der Waals surface area contributed by atoms with Crippen molar-refractivity contribution in [2.24, 2.45) is 5.92 Å². The minimum atomic E-state index is -0.833. The van der Waals surface area contributed by atoms with Crippen LogP contribution in [-0.2, 0) is 4.79 Å². The fraction of sp³-hybridized carbons (Fsp3) is 0.381. The van der Waals surface area contributed by atoms with Crippen LogP contribution >= 0.6 is 0 Å². The molecule has 1 saturated heterocycles. The van der Waals surface area contributed by atoms with Crippen molar-refractivity contribution in [3.8, 4) is 11.5 Å². The molecule has 0 aliphatic carbocycles. The second-order valence-electron chi connectivity index (χ2n) is 6.42. The van der Waals surface area contributed by atoms with Gasteiger partial charge in [-0.3, -0.25) is 4.79 Å². The maximum atomic E-state index is 13.1. The first-order valence-corrected chi connectivity index (χ1v) is 8.92. The summed E-state index contributed by atoms with van der Waals surface area (Å²) in [6.07, 6.45) is 1.04. The molecule has 0 saturated carbocycles. The molecule has 2 aromatic carbocycles. The van der Waals surface area contributed by atoms with Crippen molar-refractivity contribution >= 4 is 5.97 Å². The van der Waals surface area contributed by atoms with Crippen molar-refractivity contribution < 1.29 is 23.8 Å². The molecule has 0 unspecified atom stereocenters. The van der Waals surface area contributed by atoms with E-state index in [9.17, 15) is 4.39 Å². The van der Waals surface area contributed by atoms with Gasteiger partial charge in [0.25, 0.3) is 5.97 Å². The Hall–Kier alpha value is -2.60. The van der Waals surface area contributed by atoms with Crippen molar-refractivity contribution in [1.29, 1.82) is 0 Å². The molecule has 1 aliphatic rings. The predicted octanol–water partition coefficient (Wildman–Crippen LogP) is 3.70. The Labute approximate surface area is 159 Å². The topological polar surface area (TPSA) is 67.8 Å². The maximum absolute atomic E-state index is 13.1. The first-order valence-electron chi connectivity index (χ1n) is 8.92. The van der Waals surface area contributed by atoms with Crippen LogP contribution in [0.2, 0.25) is 0 Å². The van der Waals surface area contributed by atoms with E-state index in [0.29, 0.717) is 18.4 Å². The third-order valence-corrected chi connectivity index (χ3v) is 4.43. The summed E-state index contributed by atoms with van der Waals surface area (Å²) in [5.41, 5.74) is 1.19. The van der Waals surface area contributed by atoms with E-state index in [-0.39, 0.29) is 5.82 Å². The fourth-order valence-electron chi connectivity index (χ4n) is 3.12. The van der Waals surface area contributed by atoms with E-state index in [0.717, 1.165) is 37.9 Å². The van der Waals surface area contributed by atoms with Crippen molar-refractivity contribution in [2.45, 2.75) is 19.3 Å². The van der Waals surface area contributed by atoms with Gasteiger partial charge in [-0.2, -0.15) is 0 Å². The molecule has 0 aromatic heterocycles. The average molecular weight is 375 g/mol. The van der Waals surface area contributed by atoms with Gasteiger partial charge in [0.05, 0.1) is 13.7 Å². The summed E-state index contributed by atoms with van der Waals surface area (Å²) in [5, 5.41) is 10.8. The van der Waals surface area contributed by atoms with Crippen molar-refractivity contribution in [3.63, 3.8) is 0 Å². The number of halogens is 1. The summed E-state index contributed by atoms with van der Waals surface area (Å²) in [6, 6.07) is 14.5. The number of hydrogen-bond donors (Lipinski definition) is 2. The summed E-state index contributed by atoms with van der Waals surface area (Å²) in [5.74, 6) is 1.41. The highest BCUT2D eigenvalue weighted by Crippen LogP contribution is 2.31. The SMILES string of the molecule is CC(=O)O.COc1ccc(OC[C@@H]2CNCC[C@H]2c2ccc(F)cc2)cc1. The summed E-state index contributed by atoms with van der Waals surface area (Å²) >= 11 is 0. The smallest absolute Gasteiger partial charge is 0.300 e. The van der Waals surface area contributed by atoms with E-state index in [1.165, 1.54) is 5.56 Å². The molecule has 0 amide bonds. The van der Waals surface area contributed by atoms with Crippen molar-refractivity contribution in [2.75, 3.05) is 26.8 Å². The standard InChI is InChI=1S/C19H22FNO2.C2H4O2/c1-22-17-6-8-18(9-7-17)23-13-15-12-21-11-10-19(15)14-2-4-16(20)5-3-14;1-2(3)4/h2-9,15,19,21H,10-13H2,1H3;1H3,(H,3,4)/t15-,19-;/m0./s1. The highest BCUT2D eigenvalue weighted by atomic mass is 19.1. The Morgan fingerprint density at radius 2 is 1.74 bits per heavy atom. The van der Waals surface area contributed by atoms with Gasteiger partial charge in [-0.05, 0) is 60.8 Å². The number of rotatable bonds is 5. The van der Waals surface area contributed by atoms with Crippen LogP contribution in [0.3, 0.4) is 0 Å². The first kappa shape index (κ1) is 20.7. The monoisotopic (exact) mass is 375 g/mol. The van der Waals surface area contributed by atoms with E-state index >= 15 is 0 Å². The maximum Gasteiger partial charge on any atom is 0.300 e. The van der Waals surface area contributed by atoms with Gasteiger partial charge in [0.2, 0.25) is 0 Å². The molecule has 2 atom stereocenters. The van der Waals surface area contributed by atoms with Crippen molar-refractivity contribution in [1.82, 2.24) is 5.32 Å². The Kier molecular flexibility index (Phi) is 8.07.